The van der Waals surface area contributed by atoms with Crippen LogP contribution in [0.5, 0.6) is 0 Å². The molecule has 0 bridgehead atoms. The molecule has 6 nitrogen and oxygen atoms in total. The van der Waals surface area contributed by atoms with Crippen molar-refractivity contribution in [2.45, 2.75) is 26.4 Å². The van der Waals surface area contributed by atoms with Gasteiger partial charge in [0.2, 0.25) is 0 Å². The first-order valence-corrected chi connectivity index (χ1v) is 6.81. The second kappa shape index (κ2) is 6.11. The van der Waals surface area contributed by atoms with Crippen LogP contribution in [-0.4, -0.2) is 51.0 Å². The monoisotopic (exact) mass is 266 g/mol. The molecule has 0 N–H and O–H groups in total. The van der Waals surface area contributed by atoms with Gasteiger partial charge in [0.25, 0.3) is 0 Å². The molecule has 0 unspecified atom stereocenters. The van der Waals surface area contributed by atoms with Gasteiger partial charge < -0.3 is 9.47 Å². The first-order chi connectivity index (χ1) is 7.56. The van der Waals surface area contributed by atoms with E-state index in [4.69, 9.17) is 4.74 Å². The molecule has 0 atom stereocenters. The number of hydrogen-bond acceptors (Lipinski definition) is 6. The van der Waals surface area contributed by atoms with Gasteiger partial charge in [0.15, 0.2) is 15.6 Å². The molecular formula is C10H18O6S. The highest BCUT2D eigenvalue weighted by molar-refractivity contribution is 7.92. The van der Waals surface area contributed by atoms with E-state index in [2.05, 4.69) is 4.74 Å². The summed E-state index contributed by atoms with van der Waals surface area (Å²) in [5.41, 5.74) is -0.747. The van der Waals surface area contributed by atoms with E-state index in [1.54, 1.807) is 20.8 Å². The van der Waals surface area contributed by atoms with E-state index in [0.29, 0.717) is 0 Å². The predicted molar refractivity (Wildman–Crippen MR) is 61.4 cm³/mol. The van der Waals surface area contributed by atoms with Gasteiger partial charge in [0.05, 0.1) is 0 Å². The number of carbonyl (C=O) groups excluding carboxylic acids is 2. The van der Waals surface area contributed by atoms with Crippen molar-refractivity contribution in [2.75, 3.05) is 25.2 Å². The maximum absolute atomic E-state index is 11.4. The molecule has 0 aromatic heterocycles. The maximum atomic E-state index is 11.4. The van der Waals surface area contributed by atoms with Crippen LogP contribution in [0.15, 0.2) is 0 Å². The summed E-state index contributed by atoms with van der Waals surface area (Å²) in [5, 5.41) is 0. The Balaban J connectivity index is 4.36. The molecule has 0 spiro atoms. The molecule has 0 aromatic rings. The highest BCUT2D eigenvalue weighted by Crippen LogP contribution is 2.08. The lowest BCUT2D eigenvalue weighted by atomic mass is 10.2. The zero-order chi connectivity index (χ0) is 13.7. The van der Waals surface area contributed by atoms with E-state index in [1.807, 2.05) is 0 Å². The zero-order valence-corrected chi connectivity index (χ0v) is 11.3. The lowest BCUT2D eigenvalue weighted by Gasteiger charge is -2.19. The number of ether oxygens (including phenoxy) is 2. The fourth-order valence-electron chi connectivity index (χ4n) is 1.05. The Kier molecular flexibility index (Phi) is 5.77. The second-order valence-electron chi connectivity index (χ2n) is 4.59. The van der Waals surface area contributed by atoms with E-state index < -0.39 is 38.7 Å². The zero-order valence-electron chi connectivity index (χ0n) is 10.5. The Labute approximate surface area is 101 Å². The van der Waals surface area contributed by atoms with Crippen molar-refractivity contribution in [3.8, 4) is 0 Å². The molecular weight excluding hydrogens is 248 g/mol. The molecule has 0 aliphatic carbocycles. The third kappa shape index (κ3) is 8.82. The highest BCUT2D eigenvalue weighted by atomic mass is 32.2. The Morgan fingerprint density at radius 2 is 1.65 bits per heavy atom. The number of hydrogen-bond donors (Lipinski definition) is 0. The van der Waals surface area contributed by atoms with Crippen LogP contribution in [0.2, 0.25) is 0 Å². The molecule has 0 saturated heterocycles. The van der Waals surface area contributed by atoms with Crippen molar-refractivity contribution in [1.29, 1.82) is 0 Å². The number of carbonyl (C=O) groups is 2. The van der Waals surface area contributed by atoms with Gasteiger partial charge in [0.1, 0.15) is 23.7 Å². The summed E-state index contributed by atoms with van der Waals surface area (Å²) in [4.78, 5) is 22.3. The number of methoxy groups -OCH3 is 1. The first-order valence-electron chi connectivity index (χ1n) is 4.98. The van der Waals surface area contributed by atoms with Gasteiger partial charge in [-0.1, -0.05) is 0 Å². The fourth-order valence-corrected chi connectivity index (χ4v) is 2.14. The highest BCUT2D eigenvalue weighted by Gasteiger charge is 2.24. The van der Waals surface area contributed by atoms with E-state index >= 15 is 0 Å². The summed E-state index contributed by atoms with van der Waals surface area (Å²) in [6.07, 6.45) is 0. The van der Waals surface area contributed by atoms with Crippen LogP contribution in [-0.2, 0) is 28.9 Å². The smallest absolute Gasteiger partial charge is 0.321 e. The first kappa shape index (κ1) is 16.1. The van der Waals surface area contributed by atoms with Crippen molar-refractivity contribution in [3.63, 3.8) is 0 Å². The minimum atomic E-state index is -3.78. The van der Waals surface area contributed by atoms with Crippen molar-refractivity contribution in [1.82, 2.24) is 0 Å². The molecule has 7 heteroatoms. The third-order valence-electron chi connectivity index (χ3n) is 1.44. The summed E-state index contributed by atoms with van der Waals surface area (Å²) in [7, 11) is -2.49. The summed E-state index contributed by atoms with van der Waals surface area (Å²) in [6, 6.07) is 0. The van der Waals surface area contributed by atoms with Gasteiger partial charge in [-0.3, -0.25) is 9.59 Å². The molecule has 0 aliphatic rings. The Bertz CT molecular complexity index is 376. The normalized spacial score (nSPS) is 12.2. The van der Waals surface area contributed by atoms with Crippen LogP contribution in [0.3, 0.4) is 0 Å². The Morgan fingerprint density at radius 1 is 1.12 bits per heavy atom. The minimum Gasteiger partial charge on any atom is -0.459 e. The molecule has 0 saturated carbocycles. The van der Waals surface area contributed by atoms with Gasteiger partial charge in [-0.25, -0.2) is 8.42 Å². The lowest BCUT2D eigenvalue weighted by molar-refractivity contribution is -0.151. The molecule has 0 aliphatic heterocycles. The van der Waals surface area contributed by atoms with Gasteiger partial charge in [-0.05, 0) is 20.8 Å². The molecule has 0 fully saturated rings. The number of ketones is 1. The number of Topliss-reactive ketones (excluding diaryl/α,β-unsaturated/α-hetero) is 1. The number of rotatable bonds is 6. The lowest BCUT2D eigenvalue weighted by Crippen LogP contribution is -2.31. The summed E-state index contributed by atoms with van der Waals surface area (Å²) < 4.78 is 32.2. The fraction of sp³-hybridized carbons (Fsp3) is 0.800. The van der Waals surface area contributed by atoms with E-state index in [0.717, 1.165) is 0 Å². The molecule has 0 rings (SSSR count). The van der Waals surface area contributed by atoms with Crippen LogP contribution in [0, 0.1) is 0 Å². The van der Waals surface area contributed by atoms with E-state index in [9.17, 15) is 18.0 Å². The van der Waals surface area contributed by atoms with Crippen LogP contribution < -0.4 is 0 Å². The second-order valence-corrected chi connectivity index (χ2v) is 6.65. The summed E-state index contributed by atoms with van der Waals surface area (Å²) in [6.45, 7) is 4.61. The van der Waals surface area contributed by atoms with Crippen LogP contribution in [0.25, 0.3) is 0 Å². The molecule has 0 amide bonds. The van der Waals surface area contributed by atoms with Crippen molar-refractivity contribution in [2.24, 2.45) is 0 Å². The maximum Gasteiger partial charge on any atom is 0.321 e. The largest absolute Gasteiger partial charge is 0.459 e. The quantitative estimate of drug-likeness (QED) is 0.627. The number of sulfone groups is 1. The van der Waals surface area contributed by atoms with Gasteiger partial charge in [-0.2, -0.15) is 0 Å². The molecule has 100 valence electrons. The van der Waals surface area contributed by atoms with Crippen molar-refractivity contribution in [3.05, 3.63) is 0 Å². The number of esters is 1. The standard InChI is InChI=1S/C10H18O6S/c1-10(2,3)16-9(12)7-17(13,14)6-8(11)5-15-4/h5-7H2,1-4H3. The van der Waals surface area contributed by atoms with Crippen molar-refractivity contribution >= 4 is 21.6 Å². The molecule has 17 heavy (non-hydrogen) atoms. The average Bonchev–Trinajstić information content (AvgIpc) is 1.96. The summed E-state index contributed by atoms with van der Waals surface area (Å²) in [5.74, 6) is -2.95. The van der Waals surface area contributed by atoms with Gasteiger partial charge in [-0.15, -0.1) is 0 Å². The van der Waals surface area contributed by atoms with E-state index in [-0.39, 0.29) is 6.61 Å². The van der Waals surface area contributed by atoms with E-state index in [1.165, 1.54) is 7.11 Å². The molecule has 0 aromatic carbocycles. The average molecular weight is 266 g/mol. The van der Waals surface area contributed by atoms with Crippen molar-refractivity contribution < 1.29 is 27.5 Å². The molecule has 0 radical (unpaired) electrons. The summed E-state index contributed by atoms with van der Waals surface area (Å²) >= 11 is 0. The van der Waals surface area contributed by atoms with Crippen LogP contribution in [0.4, 0.5) is 0 Å². The SMILES string of the molecule is COCC(=O)CS(=O)(=O)CC(=O)OC(C)(C)C. The Hall–Kier alpha value is -0.950. The third-order valence-corrected chi connectivity index (χ3v) is 2.88. The molecule has 0 heterocycles. The predicted octanol–water partition coefficient (Wildman–Crippen LogP) is -0.0416. The van der Waals surface area contributed by atoms with Gasteiger partial charge in [0, 0.05) is 7.11 Å². The van der Waals surface area contributed by atoms with Crippen LogP contribution in [0.1, 0.15) is 20.8 Å². The van der Waals surface area contributed by atoms with Gasteiger partial charge >= 0.3 is 5.97 Å². The Morgan fingerprint density at radius 3 is 2.06 bits per heavy atom. The van der Waals surface area contributed by atoms with Crippen LogP contribution >= 0.6 is 0 Å². The topological polar surface area (TPSA) is 86.7 Å². The minimum absolute atomic E-state index is 0.284.